The number of anilines is 1. The van der Waals surface area contributed by atoms with Crippen LogP contribution in [0.3, 0.4) is 0 Å². The van der Waals surface area contributed by atoms with Gasteiger partial charge in [0.25, 0.3) is 0 Å². The molecule has 1 aliphatic heterocycles. The molecular formula is C10H10ClNO. The van der Waals surface area contributed by atoms with Gasteiger partial charge in [-0.25, -0.2) is 0 Å². The van der Waals surface area contributed by atoms with Gasteiger partial charge in [-0.15, -0.1) is 0 Å². The Labute approximate surface area is 82.2 Å². The number of fused-ring (bicyclic) bond motifs is 1. The second-order valence-corrected chi connectivity index (χ2v) is 3.33. The molecule has 0 amide bonds. The van der Waals surface area contributed by atoms with Gasteiger partial charge in [-0.3, -0.25) is 0 Å². The van der Waals surface area contributed by atoms with Gasteiger partial charge in [0.05, 0.1) is 7.11 Å². The molecule has 13 heavy (non-hydrogen) atoms. The Hall–Kier alpha value is -1.15. The fourth-order valence-corrected chi connectivity index (χ4v) is 1.51. The number of hydrogen-bond acceptors (Lipinski definition) is 2. The molecular weight excluding hydrogens is 186 g/mol. The SMILES string of the molecule is COc1ccc2c(c1)C=CC(Cl)N2. The third kappa shape index (κ3) is 1.63. The summed E-state index contributed by atoms with van der Waals surface area (Å²) < 4.78 is 5.11. The third-order valence-electron chi connectivity index (χ3n) is 2.00. The molecule has 0 spiro atoms. The first-order chi connectivity index (χ1) is 6.29. The van der Waals surface area contributed by atoms with Crippen LogP contribution in [0, 0.1) is 0 Å². The lowest BCUT2D eigenvalue weighted by Crippen LogP contribution is -2.12. The Kier molecular flexibility index (Phi) is 2.15. The summed E-state index contributed by atoms with van der Waals surface area (Å²) in [6.45, 7) is 0. The van der Waals surface area contributed by atoms with Crippen LogP contribution in [-0.2, 0) is 0 Å². The van der Waals surface area contributed by atoms with Crippen LogP contribution in [0.25, 0.3) is 6.08 Å². The summed E-state index contributed by atoms with van der Waals surface area (Å²) in [7, 11) is 1.66. The van der Waals surface area contributed by atoms with Crippen molar-refractivity contribution in [3.63, 3.8) is 0 Å². The van der Waals surface area contributed by atoms with Gasteiger partial charge in [-0.1, -0.05) is 17.7 Å². The van der Waals surface area contributed by atoms with Crippen molar-refractivity contribution in [2.45, 2.75) is 5.50 Å². The topological polar surface area (TPSA) is 21.3 Å². The lowest BCUT2D eigenvalue weighted by atomic mass is 10.1. The highest BCUT2D eigenvalue weighted by molar-refractivity contribution is 6.23. The number of benzene rings is 1. The minimum atomic E-state index is -0.110. The molecule has 3 heteroatoms. The van der Waals surface area contributed by atoms with Crippen molar-refractivity contribution in [1.82, 2.24) is 0 Å². The predicted octanol–water partition coefficient (Wildman–Crippen LogP) is 2.70. The Morgan fingerprint density at radius 1 is 1.46 bits per heavy atom. The Morgan fingerprint density at radius 3 is 3.08 bits per heavy atom. The molecule has 1 aliphatic rings. The summed E-state index contributed by atoms with van der Waals surface area (Å²) in [5.74, 6) is 0.859. The second kappa shape index (κ2) is 3.30. The normalized spacial score (nSPS) is 19.1. The van der Waals surface area contributed by atoms with Crippen molar-refractivity contribution in [1.29, 1.82) is 0 Å². The monoisotopic (exact) mass is 195 g/mol. The van der Waals surface area contributed by atoms with E-state index in [-0.39, 0.29) is 5.50 Å². The van der Waals surface area contributed by atoms with E-state index in [1.54, 1.807) is 7.11 Å². The van der Waals surface area contributed by atoms with E-state index < -0.39 is 0 Å². The Morgan fingerprint density at radius 2 is 2.31 bits per heavy atom. The second-order valence-electron chi connectivity index (χ2n) is 2.86. The van der Waals surface area contributed by atoms with E-state index in [1.807, 2.05) is 30.4 Å². The van der Waals surface area contributed by atoms with Crippen molar-refractivity contribution in [3.8, 4) is 5.75 Å². The van der Waals surface area contributed by atoms with Gasteiger partial charge in [0, 0.05) is 11.3 Å². The molecule has 0 fully saturated rings. The molecule has 0 aliphatic carbocycles. The minimum absolute atomic E-state index is 0.110. The van der Waals surface area contributed by atoms with Crippen LogP contribution in [0.5, 0.6) is 5.75 Å². The van der Waals surface area contributed by atoms with E-state index in [0.29, 0.717) is 0 Å². The van der Waals surface area contributed by atoms with Gasteiger partial charge < -0.3 is 10.1 Å². The number of alkyl halides is 1. The van der Waals surface area contributed by atoms with E-state index in [2.05, 4.69) is 5.32 Å². The molecule has 1 aromatic rings. The third-order valence-corrected chi connectivity index (χ3v) is 2.25. The zero-order chi connectivity index (χ0) is 9.26. The van der Waals surface area contributed by atoms with Crippen molar-refractivity contribution in [3.05, 3.63) is 29.8 Å². The zero-order valence-electron chi connectivity index (χ0n) is 7.25. The summed E-state index contributed by atoms with van der Waals surface area (Å²) in [5, 5.41) is 3.13. The van der Waals surface area contributed by atoms with Gasteiger partial charge in [0.2, 0.25) is 0 Å². The molecule has 0 radical (unpaired) electrons. The minimum Gasteiger partial charge on any atom is -0.497 e. The molecule has 1 heterocycles. The number of rotatable bonds is 1. The van der Waals surface area contributed by atoms with E-state index in [4.69, 9.17) is 16.3 Å². The van der Waals surface area contributed by atoms with Crippen LogP contribution in [-0.4, -0.2) is 12.6 Å². The molecule has 0 saturated heterocycles. The van der Waals surface area contributed by atoms with E-state index in [0.717, 1.165) is 17.0 Å². The van der Waals surface area contributed by atoms with Crippen molar-refractivity contribution >= 4 is 23.4 Å². The van der Waals surface area contributed by atoms with E-state index >= 15 is 0 Å². The number of nitrogens with one attached hydrogen (secondary N) is 1. The number of ether oxygens (including phenoxy) is 1. The van der Waals surface area contributed by atoms with Crippen LogP contribution in [0.1, 0.15) is 5.56 Å². The molecule has 0 aromatic heterocycles. The van der Waals surface area contributed by atoms with Crippen LogP contribution in [0.4, 0.5) is 5.69 Å². The van der Waals surface area contributed by atoms with Gasteiger partial charge in [0.15, 0.2) is 0 Å². The van der Waals surface area contributed by atoms with Crippen LogP contribution in [0.2, 0.25) is 0 Å². The molecule has 1 atom stereocenters. The quantitative estimate of drug-likeness (QED) is 0.550. The largest absolute Gasteiger partial charge is 0.497 e. The summed E-state index contributed by atoms with van der Waals surface area (Å²) in [6, 6.07) is 5.85. The van der Waals surface area contributed by atoms with Crippen molar-refractivity contribution in [2.24, 2.45) is 0 Å². The van der Waals surface area contributed by atoms with E-state index in [9.17, 15) is 0 Å². The zero-order valence-corrected chi connectivity index (χ0v) is 8.01. The molecule has 2 nitrogen and oxygen atoms in total. The lowest BCUT2D eigenvalue weighted by Gasteiger charge is -2.17. The van der Waals surface area contributed by atoms with Gasteiger partial charge >= 0.3 is 0 Å². The highest BCUT2D eigenvalue weighted by atomic mass is 35.5. The molecule has 0 saturated carbocycles. The lowest BCUT2D eigenvalue weighted by molar-refractivity contribution is 0.415. The predicted molar refractivity (Wildman–Crippen MR) is 55.3 cm³/mol. The summed E-state index contributed by atoms with van der Waals surface area (Å²) in [5.41, 5.74) is 2.04. The summed E-state index contributed by atoms with van der Waals surface area (Å²) in [4.78, 5) is 0. The number of methoxy groups -OCH3 is 1. The average Bonchev–Trinajstić information content (AvgIpc) is 2.17. The fourth-order valence-electron chi connectivity index (χ4n) is 1.32. The maximum Gasteiger partial charge on any atom is 0.120 e. The highest BCUT2D eigenvalue weighted by Crippen LogP contribution is 2.27. The molecule has 1 unspecified atom stereocenters. The van der Waals surface area contributed by atoms with Gasteiger partial charge in [0.1, 0.15) is 11.3 Å². The molecule has 2 rings (SSSR count). The standard InChI is InChI=1S/C10H10ClNO/c1-13-8-3-4-9-7(6-8)2-5-10(11)12-9/h2-6,10,12H,1H3. The first kappa shape index (κ1) is 8.45. The van der Waals surface area contributed by atoms with E-state index in [1.165, 1.54) is 0 Å². The smallest absolute Gasteiger partial charge is 0.120 e. The molecule has 1 aromatic carbocycles. The Bertz CT molecular complexity index is 349. The van der Waals surface area contributed by atoms with Gasteiger partial charge in [-0.05, 0) is 24.3 Å². The first-order valence-electron chi connectivity index (χ1n) is 4.06. The molecule has 68 valence electrons. The van der Waals surface area contributed by atoms with Crippen LogP contribution >= 0.6 is 11.6 Å². The van der Waals surface area contributed by atoms with Crippen LogP contribution < -0.4 is 10.1 Å². The van der Waals surface area contributed by atoms with Crippen LogP contribution in [0.15, 0.2) is 24.3 Å². The molecule has 1 N–H and O–H groups in total. The van der Waals surface area contributed by atoms with Crippen molar-refractivity contribution in [2.75, 3.05) is 12.4 Å². The maximum atomic E-state index is 5.89. The van der Waals surface area contributed by atoms with Crippen molar-refractivity contribution < 1.29 is 4.74 Å². The first-order valence-corrected chi connectivity index (χ1v) is 4.50. The number of hydrogen-bond donors (Lipinski definition) is 1. The summed E-state index contributed by atoms with van der Waals surface area (Å²) in [6.07, 6.45) is 3.90. The number of halogens is 1. The maximum absolute atomic E-state index is 5.89. The highest BCUT2D eigenvalue weighted by Gasteiger charge is 2.09. The summed E-state index contributed by atoms with van der Waals surface area (Å²) >= 11 is 5.89. The average molecular weight is 196 g/mol. The molecule has 0 bridgehead atoms. The fraction of sp³-hybridized carbons (Fsp3) is 0.200. The van der Waals surface area contributed by atoms with Gasteiger partial charge in [-0.2, -0.15) is 0 Å². The Balaban J connectivity index is 2.40.